The molecule has 3 aromatic rings. The fraction of sp³-hybridized carbons (Fsp3) is 0.200. The first-order valence-corrected chi connectivity index (χ1v) is 7.47. The summed E-state index contributed by atoms with van der Waals surface area (Å²) >= 11 is 0. The molecule has 23 heavy (non-hydrogen) atoms. The Balaban J connectivity index is 2.26. The zero-order chi connectivity index (χ0) is 16.4. The number of rotatable bonds is 4. The second-order valence-electron chi connectivity index (χ2n) is 5.41. The second kappa shape index (κ2) is 6.21. The van der Waals surface area contributed by atoms with Gasteiger partial charge < -0.3 is 14.2 Å². The van der Waals surface area contributed by atoms with E-state index < -0.39 is 0 Å². The summed E-state index contributed by atoms with van der Waals surface area (Å²) in [5.74, 6) is 2.33. The number of aryl methyl sites for hydroxylation is 1. The lowest BCUT2D eigenvalue weighted by molar-refractivity contribution is 0.356. The molecule has 0 unspecified atom stereocenters. The maximum absolute atomic E-state index is 5.47. The van der Waals surface area contributed by atoms with Crippen LogP contribution in [-0.4, -0.2) is 21.3 Å². The van der Waals surface area contributed by atoms with Crippen LogP contribution in [0.3, 0.4) is 0 Å². The largest absolute Gasteiger partial charge is 0.497 e. The zero-order valence-electron chi connectivity index (χ0n) is 13.8. The molecule has 3 heteroatoms. The maximum Gasteiger partial charge on any atom is 0.161 e. The Bertz CT molecular complexity index is 836. The summed E-state index contributed by atoms with van der Waals surface area (Å²) in [6.07, 6.45) is 0. The molecule has 0 atom stereocenters. The van der Waals surface area contributed by atoms with Crippen LogP contribution >= 0.6 is 0 Å². The van der Waals surface area contributed by atoms with Crippen molar-refractivity contribution in [1.29, 1.82) is 0 Å². The molecule has 0 radical (unpaired) electrons. The van der Waals surface area contributed by atoms with Gasteiger partial charge in [0.25, 0.3) is 0 Å². The summed E-state index contributed by atoms with van der Waals surface area (Å²) in [7, 11) is 4.99. The Hall–Kier alpha value is -2.68. The van der Waals surface area contributed by atoms with Crippen molar-refractivity contribution < 1.29 is 14.2 Å². The van der Waals surface area contributed by atoms with Crippen LogP contribution in [0, 0.1) is 6.92 Å². The van der Waals surface area contributed by atoms with Crippen molar-refractivity contribution in [3.05, 3.63) is 54.1 Å². The average Bonchev–Trinajstić information content (AvgIpc) is 2.61. The van der Waals surface area contributed by atoms with Crippen LogP contribution in [0.2, 0.25) is 0 Å². The number of hydrogen-bond donors (Lipinski definition) is 0. The van der Waals surface area contributed by atoms with E-state index in [1.807, 2.05) is 24.3 Å². The highest BCUT2D eigenvalue weighted by atomic mass is 16.5. The molecule has 3 aromatic carbocycles. The van der Waals surface area contributed by atoms with Crippen LogP contribution < -0.4 is 14.2 Å². The summed E-state index contributed by atoms with van der Waals surface area (Å²) < 4.78 is 16.1. The van der Waals surface area contributed by atoms with Crippen LogP contribution in [0.15, 0.2) is 48.5 Å². The van der Waals surface area contributed by atoms with E-state index >= 15 is 0 Å². The number of fused-ring (bicyclic) bond motifs is 1. The molecule has 0 aliphatic rings. The van der Waals surface area contributed by atoms with Crippen LogP contribution in [0.4, 0.5) is 0 Å². The normalized spacial score (nSPS) is 10.6. The van der Waals surface area contributed by atoms with Gasteiger partial charge in [-0.15, -0.1) is 0 Å². The molecule has 0 saturated heterocycles. The third-order valence-electron chi connectivity index (χ3n) is 4.14. The van der Waals surface area contributed by atoms with Crippen molar-refractivity contribution in [3.8, 4) is 28.4 Å². The van der Waals surface area contributed by atoms with E-state index in [0.717, 1.165) is 39.1 Å². The molecule has 0 bridgehead atoms. The molecule has 0 spiro atoms. The molecular weight excluding hydrogens is 288 g/mol. The predicted molar refractivity (Wildman–Crippen MR) is 93.8 cm³/mol. The van der Waals surface area contributed by atoms with E-state index in [1.165, 1.54) is 5.56 Å². The van der Waals surface area contributed by atoms with Crippen molar-refractivity contribution in [2.24, 2.45) is 0 Å². The fourth-order valence-electron chi connectivity index (χ4n) is 2.84. The van der Waals surface area contributed by atoms with Gasteiger partial charge in [0.05, 0.1) is 21.3 Å². The van der Waals surface area contributed by atoms with Gasteiger partial charge in [0.2, 0.25) is 0 Å². The van der Waals surface area contributed by atoms with Gasteiger partial charge in [0.15, 0.2) is 11.5 Å². The highest BCUT2D eigenvalue weighted by Gasteiger charge is 2.12. The van der Waals surface area contributed by atoms with E-state index in [2.05, 4.69) is 31.2 Å². The molecule has 118 valence electrons. The van der Waals surface area contributed by atoms with E-state index in [9.17, 15) is 0 Å². The van der Waals surface area contributed by atoms with E-state index in [0.29, 0.717) is 0 Å². The summed E-state index contributed by atoms with van der Waals surface area (Å²) in [5.41, 5.74) is 3.51. The van der Waals surface area contributed by atoms with Gasteiger partial charge in [-0.1, -0.05) is 24.3 Å². The highest BCUT2D eigenvalue weighted by Crippen LogP contribution is 2.38. The van der Waals surface area contributed by atoms with E-state index in [4.69, 9.17) is 14.2 Å². The molecule has 0 aromatic heterocycles. The van der Waals surface area contributed by atoms with Crippen LogP contribution in [0.25, 0.3) is 21.9 Å². The Labute approximate surface area is 136 Å². The Kier molecular flexibility index (Phi) is 4.11. The third kappa shape index (κ3) is 2.70. The van der Waals surface area contributed by atoms with Crippen molar-refractivity contribution in [3.63, 3.8) is 0 Å². The van der Waals surface area contributed by atoms with E-state index in [-0.39, 0.29) is 0 Å². The quantitative estimate of drug-likeness (QED) is 0.690. The predicted octanol–water partition coefficient (Wildman–Crippen LogP) is 4.84. The highest BCUT2D eigenvalue weighted by molar-refractivity contribution is 6.00. The van der Waals surface area contributed by atoms with Crippen LogP contribution in [0.5, 0.6) is 17.2 Å². The number of hydrogen-bond acceptors (Lipinski definition) is 3. The molecule has 3 rings (SSSR count). The zero-order valence-corrected chi connectivity index (χ0v) is 13.8. The average molecular weight is 308 g/mol. The summed E-state index contributed by atoms with van der Waals surface area (Å²) in [5, 5.41) is 2.31. The minimum atomic E-state index is 0.736. The van der Waals surface area contributed by atoms with Gasteiger partial charge in [0, 0.05) is 0 Å². The van der Waals surface area contributed by atoms with Gasteiger partial charge in [-0.2, -0.15) is 0 Å². The Morgan fingerprint density at radius 3 is 1.83 bits per heavy atom. The lowest BCUT2D eigenvalue weighted by atomic mass is 9.95. The SMILES string of the molecule is COc1ccc(-c2ccc(C)c3cc(OC)c(OC)cc23)cc1. The first kappa shape index (κ1) is 15.2. The fourth-order valence-corrected chi connectivity index (χ4v) is 2.84. The molecular formula is C20H20O3. The lowest BCUT2D eigenvalue weighted by Crippen LogP contribution is -1.93. The van der Waals surface area contributed by atoms with Crippen molar-refractivity contribution in [2.45, 2.75) is 6.92 Å². The second-order valence-corrected chi connectivity index (χ2v) is 5.41. The molecule has 3 nitrogen and oxygen atoms in total. The summed E-state index contributed by atoms with van der Waals surface area (Å²) in [4.78, 5) is 0. The molecule has 0 heterocycles. The molecule has 0 N–H and O–H groups in total. The Morgan fingerprint density at radius 1 is 0.652 bits per heavy atom. The molecule has 0 aliphatic heterocycles. The van der Waals surface area contributed by atoms with Crippen LogP contribution in [0.1, 0.15) is 5.56 Å². The molecule has 0 saturated carbocycles. The third-order valence-corrected chi connectivity index (χ3v) is 4.14. The van der Waals surface area contributed by atoms with Gasteiger partial charge in [-0.3, -0.25) is 0 Å². The van der Waals surface area contributed by atoms with E-state index in [1.54, 1.807) is 21.3 Å². The maximum atomic E-state index is 5.47. The number of methoxy groups -OCH3 is 3. The van der Waals surface area contributed by atoms with Crippen molar-refractivity contribution in [2.75, 3.05) is 21.3 Å². The molecule has 0 aliphatic carbocycles. The summed E-state index contributed by atoms with van der Waals surface area (Å²) in [6, 6.07) is 16.4. The molecule has 0 fully saturated rings. The standard InChI is InChI=1S/C20H20O3/c1-13-5-10-16(14-6-8-15(21-2)9-7-14)18-12-20(23-4)19(22-3)11-17(13)18/h5-12H,1-4H3. The van der Waals surface area contributed by atoms with Crippen molar-refractivity contribution in [1.82, 2.24) is 0 Å². The molecule has 0 amide bonds. The van der Waals surface area contributed by atoms with Gasteiger partial charge in [-0.05, 0) is 58.7 Å². The minimum Gasteiger partial charge on any atom is -0.497 e. The number of ether oxygens (including phenoxy) is 3. The monoisotopic (exact) mass is 308 g/mol. The van der Waals surface area contributed by atoms with Gasteiger partial charge in [0.1, 0.15) is 5.75 Å². The summed E-state index contributed by atoms with van der Waals surface area (Å²) in [6.45, 7) is 2.10. The smallest absolute Gasteiger partial charge is 0.161 e. The first-order chi connectivity index (χ1) is 11.2. The Morgan fingerprint density at radius 2 is 1.26 bits per heavy atom. The first-order valence-electron chi connectivity index (χ1n) is 7.47. The van der Waals surface area contributed by atoms with Gasteiger partial charge in [-0.25, -0.2) is 0 Å². The minimum absolute atomic E-state index is 0.736. The van der Waals surface area contributed by atoms with Crippen LogP contribution in [-0.2, 0) is 0 Å². The van der Waals surface area contributed by atoms with Gasteiger partial charge >= 0.3 is 0 Å². The number of benzene rings is 3. The lowest BCUT2D eigenvalue weighted by Gasteiger charge is -2.14. The topological polar surface area (TPSA) is 27.7 Å². The van der Waals surface area contributed by atoms with Crippen molar-refractivity contribution >= 4 is 10.8 Å².